The molecular formula is C25H53NO5. The van der Waals surface area contributed by atoms with E-state index in [1.807, 2.05) is 4.90 Å². The van der Waals surface area contributed by atoms with E-state index < -0.39 is 24.7 Å². The van der Waals surface area contributed by atoms with Gasteiger partial charge in [-0.05, 0) is 44.9 Å². The van der Waals surface area contributed by atoms with E-state index in [1.54, 1.807) is 13.8 Å². The highest BCUT2D eigenvalue weighted by atomic mass is 16.5. The largest absolute Gasteiger partial charge is 0.396 e. The van der Waals surface area contributed by atoms with Crippen LogP contribution in [0.1, 0.15) is 99.3 Å². The molecule has 6 heteroatoms. The number of rotatable bonds is 21. The maximum Gasteiger partial charge on any atom is 0.138 e. The highest BCUT2D eigenvalue weighted by molar-refractivity contribution is 4.77. The smallest absolute Gasteiger partial charge is 0.138 e. The standard InChI is InChI=1S/C25H53NO5/c1-7-11-14-22(9-3)18-30-24(20(5)28)26(16-13-17-27)25(21(6)29)31-19-23(10-4)15-12-8-2/h20-25,27-29H,7-19H2,1-6H3. The summed E-state index contributed by atoms with van der Waals surface area (Å²) in [4.78, 5) is 1.91. The molecule has 0 fully saturated rings. The van der Waals surface area contributed by atoms with Gasteiger partial charge in [-0.15, -0.1) is 0 Å². The Bertz CT molecular complexity index is 362. The summed E-state index contributed by atoms with van der Waals surface area (Å²) < 4.78 is 12.5. The van der Waals surface area contributed by atoms with Crippen LogP contribution in [0.25, 0.3) is 0 Å². The number of hydrogen-bond acceptors (Lipinski definition) is 6. The van der Waals surface area contributed by atoms with E-state index in [-0.39, 0.29) is 6.61 Å². The van der Waals surface area contributed by atoms with E-state index in [4.69, 9.17) is 9.47 Å². The summed E-state index contributed by atoms with van der Waals surface area (Å²) >= 11 is 0. The van der Waals surface area contributed by atoms with Crippen molar-refractivity contribution < 1.29 is 24.8 Å². The molecule has 0 heterocycles. The minimum atomic E-state index is -0.741. The third-order valence-electron chi connectivity index (χ3n) is 6.15. The fraction of sp³-hybridized carbons (Fsp3) is 1.00. The number of ether oxygens (including phenoxy) is 2. The normalized spacial score (nSPS) is 18.0. The summed E-state index contributed by atoms with van der Waals surface area (Å²) in [6.07, 6.45) is 6.84. The van der Waals surface area contributed by atoms with Gasteiger partial charge >= 0.3 is 0 Å². The number of unbranched alkanes of at least 4 members (excludes halogenated alkanes) is 2. The molecule has 6 atom stereocenters. The molecule has 6 unspecified atom stereocenters. The lowest BCUT2D eigenvalue weighted by molar-refractivity contribution is -0.216. The minimum absolute atomic E-state index is 0.0394. The molecule has 0 aromatic carbocycles. The maximum absolute atomic E-state index is 10.5. The van der Waals surface area contributed by atoms with Gasteiger partial charge in [-0.3, -0.25) is 0 Å². The number of aliphatic hydroxyl groups is 3. The first-order valence-corrected chi connectivity index (χ1v) is 12.8. The molecule has 0 aliphatic carbocycles. The van der Waals surface area contributed by atoms with Gasteiger partial charge < -0.3 is 24.8 Å². The Hall–Kier alpha value is -0.240. The molecule has 0 radical (unpaired) electrons. The van der Waals surface area contributed by atoms with Crippen LogP contribution in [0.2, 0.25) is 0 Å². The van der Waals surface area contributed by atoms with Crippen LogP contribution in [0.4, 0.5) is 0 Å². The Kier molecular flexibility index (Phi) is 19.1. The van der Waals surface area contributed by atoms with Gasteiger partial charge in [0.1, 0.15) is 12.5 Å². The summed E-state index contributed by atoms with van der Waals surface area (Å²) in [5.74, 6) is 0.899. The molecule has 6 nitrogen and oxygen atoms in total. The van der Waals surface area contributed by atoms with Gasteiger partial charge in [-0.2, -0.15) is 0 Å². The summed E-state index contributed by atoms with van der Waals surface area (Å²) in [6, 6.07) is 0. The molecule has 0 saturated heterocycles. The fourth-order valence-electron chi connectivity index (χ4n) is 3.94. The first-order valence-electron chi connectivity index (χ1n) is 12.8. The van der Waals surface area contributed by atoms with Gasteiger partial charge in [-0.25, -0.2) is 4.90 Å². The molecule has 31 heavy (non-hydrogen) atoms. The van der Waals surface area contributed by atoms with Crippen molar-refractivity contribution in [3.8, 4) is 0 Å². The van der Waals surface area contributed by atoms with Gasteiger partial charge in [-0.1, -0.05) is 66.2 Å². The number of nitrogens with zero attached hydrogens (tertiary/aromatic N) is 1. The van der Waals surface area contributed by atoms with Crippen molar-refractivity contribution in [3.63, 3.8) is 0 Å². The summed E-state index contributed by atoms with van der Waals surface area (Å²) in [5.41, 5.74) is 0. The van der Waals surface area contributed by atoms with Gasteiger partial charge in [0.15, 0.2) is 0 Å². The Morgan fingerprint density at radius 3 is 1.42 bits per heavy atom. The van der Waals surface area contributed by atoms with Gasteiger partial charge in [0.25, 0.3) is 0 Å². The van der Waals surface area contributed by atoms with E-state index in [0.717, 1.165) is 38.5 Å². The van der Waals surface area contributed by atoms with Crippen LogP contribution in [0, 0.1) is 11.8 Å². The lowest BCUT2D eigenvalue weighted by Crippen LogP contribution is -2.55. The monoisotopic (exact) mass is 447 g/mol. The van der Waals surface area contributed by atoms with Crippen molar-refractivity contribution in [1.29, 1.82) is 0 Å². The van der Waals surface area contributed by atoms with Crippen LogP contribution in [0.15, 0.2) is 0 Å². The lowest BCUT2D eigenvalue weighted by atomic mass is 10.0. The van der Waals surface area contributed by atoms with Crippen molar-refractivity contribution in [2.45, 2.75) is 124 Å². The summed E-state index contributed by atoms with van der Waals surface area (Å²) in [7, 11) is 0. The van der Waals surface area contributed by atoms with Crippen LogP contribution >= 0.6 is 0 Å². The van der Waals surface area contributed by atoms with Crippen LogP contribution in [0.3, 0.4) is 0 Å². The molecule has 0 amide bonds. The van der Waals surface area contributed by atoms with Gasteiger partial charge in [0.2, 0.25) is 0 Å². The average molecular weight is 448 g/mol. The second-order valence-corrected chi connectivity index (χ2v) is 9.08. The van der Waals surface area contributed by atoms with Gasteiger partial charge in [0.05, 0.1) is 25.4 Å². The second kappa shape index (κ2) is 19.2. The highest BCUT2D eigenvalue weighted by Gasteiger charge is 2.34. The Morgan fingerprint density at radius 1 is 0.710 bits per heavy atom. The third kappa shape index (κ3) is 13.2. The minimum Gasteiger partial charge on any atom is -0.396 e. The van der Waals surface area contributed by atoms with E-state index in [1.165, 1.54) is 12.8 Å². The molecule has 0 aliphatic heterocycles. The number of hydrogen-bond donors (Lipinski definition) is 3. The Labute approximate surface area is 192 Å². The van der Waals surface area contributed by atoms with Crippen molar-refractivity contribution in [3.05, 3.63) is 0 Å². The quantitative estimate of drug-likeness (QED) is 0.224. The predicted molar refractivity (Wildman–Crippen MR) is 128 cm³/mol. The Morgan fingerprint density at radius 2 is 1.13 bits per heavy atom. The van der Waals surface area contributed by atoms with Gasteiger partial charge in [0, 0.05) is 13.2 Å². The zero-order chi connectivity index (χ0) is 23.6. The molecule has 3 N–H and O–H groups in total. The van der Waals surface area contributed by atoms with E-state index in [9.17, 15) is 15.3 Å². The molecule has 0 aliphatic rings. The molecule has 0 rings (SSSR count). The SMILES string of the molecule is CCCCC(CC)COC(C(C)O)N(CCCO)C(OCC(CC)CCCC)C(C)O. The van der Waals surface area contributed by atoms with Crippen molar-refractivity contribution >= 4 is 0 Å². The first kappa shape index (κ1) is 30.8. The molecule has 0 spiro atoms. The van der Waals surface area contributed by atoms with Crippen molar-refractivity contribution in [1.82, 2.24) is 4.90 Å². The lowest BCUT2D eigenvalue weighted by Gasteiger charge is -2.41. The molecule has 188 valence electrons. The molecule has 0 aromatic rings. The second-order valence-electron chi connectivity index (χ2n) is 9.08. The van der Waals surface area contributed by atoms with E-state index >= 15 is 0 Å². The molecule has 0 aromatic heterocycles. The average Bonchev–Trinajstić information content (AvgIpc) is 2.75. The van der Waals surface area contributed by atoms with E-state index in [2.05, 4.69) is 27.7 Å². The van der Waals surface area contributed by atoms with Crippen LogP contribution in [-0.4, -0.2) is 71.2 Å². The zero-order valence-corrected chi connectivity index (χ0v) is 21.3. The fourth-order valence-corrected chi connectivity index (χ4v) is 3.94. The molecule has 0 saturated carbocycles. The summed E-state index contributed by atoms with van der Waals surface area (Å²) in [5, 5.41) is 30.5. The maximum atomic E-state index is 10.5. The van der Waals surface area contributed by atoms with Crippen molar-refractivity contribution in [2.75, 3.05) is 26.4 Å². The highest BCUT2D eigenvalue weighted by Crippen LogP contribution is 2.22. The first-order chi connectivity index (χ1) is 14.9. The van der Waals surface area contributed by atoms with Crippen LogP contribution < -0.4 is 0 Å². The molecular weight excluding hydrogens is 394 g/mol. The van der Waals surface area contributed by atoms with E-state index in [0.29, 0.717) is 38.0 Å². The predicted octanol–water partition coefficient (Wildman–Crippen LogP) is 4.55. The Balaban J connectivity index is 5.36. The van der Waals surface area contributed by atoms with Crippen LogP contribution in [-0.2, 0) is 9.47 Å². The summed E-state index contributed by atoms with van der Waals surface area (Å²) in [6.45, 7) is 13.8. The molecule has 0 bridgehead atoms. The number of aliphatic hydroxyl groups excluding tert-OH is 3. The third-order valence-corrected chi connectivity index (χ3v) is 6.15. The topological polar surface area (TPSA) is 82.4 Å². The van der Waals surface area contributed by atoms with Crippen molar-refractivity contribution in [2.24, 2.45) is 11.8 Å². The zero-order valence-electron chi connectivity index (χ0n) is 21.3. The van der Waals surface area contributed by atoms with Crippen LogP contribution in [0.5, 0.6) is 0 Å².